The molecule has 0 aliphatic carbocycles. The van der Waals surface area contributed by atoms with Crippen molar-refractivity contribution >= 4 is 22.6 Å². The Morgan fingerprint density at radius 3 is 3.00 bits per heavy atom. The molecule has 1 aromatic carbocycles. The largest absolute Gasteiger partial charge is 0.353 e. The van der Waals surface area contributed by atoms with Gasteiger partial charge in [-0.3, -0.25) is 9.36 Å². The minimum absolute atomic E-state index is 0.0654. The number of aryl methyl sites for hydroxylation is 2. The number of rotatable bonds is 6. The zero-order valence-electron chi connectivity index (χ0n) is 18.4. The van der Waals surface area contributed by atoms with Gasteiger partial charge in [-0.25, -0.2) is 9.97 Å². The van der Waals surface area contributed by atoms with Crippen LogP contribution in [0.25, 0.3) is 16.9 Å². The van der Waals surface area contributed by atoms with E-state index in [0.29, 0.717) is 18.9 Å². The minimum atomic E-state index is 0.0654. The van der Waals surface area contributed by atoms with Crippen LogP contribution in [0.2, 0.25) is 0 Å². The van der Waals surface area contributed by atoms with Crippen molar-refractivity contribution in [3.8, 4) is 5.95 Å². The normalized spacial score (nSPS) is 16.1. The first-order chi connectivity index (χ1) is 15.6. The molecule has 1 N–H and O–H groups in total. The summed E-state index contributed by atoms with van der Waals surface area (Å²) in [6.07, 6.45) is 11.6. The Labute approximate surface area is 186 Å². The molecule has 3 aromatic heterocycles. The molecule has 164 valence electrons. The van der Waals surface area contributed by atoms with E-state index in [1.165, 1.54) is 16.5 Å². The number of carbonyl (C=O) groups excluding carboxylic acids is 1. The van der Waals surface area contributed by atoms with Crippen LogP contribution in [-0.4, -0.2) is 42.6 Å². The molecule has 1 aliphatic rings. The highest BCUT2D eigenvalue weighted by molar-refractivity contribution is 5.84. The molecule has 0 saturated carbocycles. The van der Waals surface area contributed by atoms with Gasteiger partial charge in [-0.05, 0) is 49.1 Å². The first-order valence-electron chi connectivity index (χ1n) is 11.0. The Balaban J connectivity index is 1.23. The summed E-state index contributed by atoms with van der Waals surface area (Å²) in [5, 5.41) is 4.34. The van der Waals surface area contributed by atoms with Gasteiger partial charge in [-0.15, -0.1) is 0 Å². The number of benzene rings is 1. The van der Waals surface area contributed by atoms with E-state index in [0.717, 1.165) is 30.8 Å². The molecule has 0 spiro atoms. The van der Waals surface area contributed by atoms with Gasteiger partial charge in [-0.2, -0.15) is 4.98 Å². The van der Waals surface area contributed by atoms with Gasteiger partial charge in [0.15, 0.2) is 0 Å². The Hall–Kier alpha value is -3.68. The van der Waals surface area contributed by atoms with Crippen LogP contribution in [-0.2, 0) is 18.4 Å². The molecule has 0 radical (unpaired) electrons. The molecule has 1 aliphatic heterocycles. The van der Waals surface area contributed by atoms with Crippen molar-refractivity contribution in [1.82, 2.24) is 29.4 Å². The summed E-state index contributed by atoms with van der Waals surface area (Å²) < 4.78 is 3.92. The molecule has 5 rings (SSSR count). The molecule has 8 nitrogen and oxygen atoms in total. The molecule has 1 saturated heterocycles. The molecular weight excluding hydrogens is 402 g/mol. The lowest BCUT2D eigenvalue weighted by Crippen LogP contribution is -2.35. The van der Waals surface area contributed by atoms with E-state index in [4.69, 9.17) is 4.98 Å². The molecule has 8 heteroatoms. The fourth-order valence-electron chi connectivity index (χ4n) is 4.58. The third kappa shape index (κ3) is 3.95. The second-order valence-electron chi connectivity index (χ2n) is 8.43. The number of hydrogen-bond donors (Lipinski definition) is 1. The number of fused-ring (bicyclic) bond motifs is 1. The fourth-order valence-corrected chi connectivity index (χ4v) is 4.58. The van der Waals surface area contributed by atoms with Gasteiger partial charge in [0.05, 0.1) is 0 Å². The highest BCUT2D eigenvalue weighted by atomic mass is 16.1. The van der Waals surface area contributed by atoms with Gasteiger partial charge in [0.1, 0.15) is 12.1 Å². The number of carbonyl (C=O) groups is 1. The number of hydrogen-bond acceptors (Lipinski definition) is 5. The molecule has 1 amide bonds. The van der Waals surface area contributed by atoms with Gasteiger partial charge < -0.3 is 14.8 Å². The summed E-state index contributed by atoms with van der Waals surface area (Å²) in [6, 6.07) is 8.43. The summed E-state index contributed by atoms with van der Waals surface area (Å²) in [6.45, 7) is 3.54. The number of amides is 1. The number of nitrogens with zero attached hydrogens (tertiary/aromatic N) is 6. The number of imidazole rings is 1. The minimum Gasteiger partial charge on any atom is -0.353 e. The van der Waals surface area contributed by atoms with E-state index in [1.54, 1.807) is 23.3 Å². The quantitative estimate of drug-likeness (QED) is 0.509. The van der Waals surface area contributed by atoms with Crippen molar-refractivity contribution in [2.45, 2.75) is 38.8 Å². The van der Waals surface area contributed by atoms with Gasteiger partial charge >= 0.3 is 0 Å². The maximum Gasteiger partial charge on any atom is 0.236 e. The van der Waals surface area contributed by atoms with Crippen LogP contribution in [0.3, 0.4) is 0 Å². The number of nitrogens with one attached hydrogen (secondary N) is 1. The van der Waals surface area contributed by atoms with E-state index in [1.807, 2.05) is 12.3 Å². The van der Waals surface area contributed by atoms with Crippen LogP contribution < -0.4 is 10.2 Å². The third-order valence-corrected chi connectivity index (χ3v) is 6.20. The Morgan fingerprint density at radius 1 is 1.25 bits per heavy atom. The smallest absolute Gasteiger partial charge is 0.236 e. The average Bonchev–Trinajstić information content (AvgIpc) is 3.54. The second-order valence-corrected chi connectivity index (χ2v) is 8.43. The maximum absolute atomic E-state index is 12.8. The predicted octanol–water partition coefficient (Wildman–Crippen LogP) is 3.14. The summed E-state index contributed by atoms with van der Waals surface area (Å²) in [5.41, 5.74) is 3.57. The van der Waals surface area contributed by atoms with Crippen LogP contribution in [0, 0.1) is 6.92 Å². The SMILES string of the molecule is Cc1cn(C)c2ccc(CNC(=O)C[C@H]3CCCN3c3ccnc(-n4ccnc4)n3)cc12. The molecule has 1 atom stereocenters. The third-order valence-electron chi connectivity index (χ3n) is 6.20. The Kier molecular flexibility index (Phi) is 5.34. The van der Waals surface area contributed by atoms with Gasteiger partial charge in [0.2, 0.25) is 11.9 Å². The second kappa shape index (κ2) is 8.45. The molecule has 0 unspecified atom stereocenters. The van der Waals surface area contributed by atoms with E-state index >= 15 is 0 Å². The van der Waals surface area contributed by atoms with Crippen molar-refractivity contribution in [3.05, 3.63) is 66.5 Å². The summed E-state index contributed by atoms with van der Waals surface area (Å²) >= 11 is 0. The van der Waals surface area contributed by atoms with Gasteiger partial charge in [0.25, 0.3) is 0 Å². The van der Waals surface area contributed by atoms with Crippen molar-refractivity contribution in [3.63, 3.8) is 0 Å². The Morgan fingerprint density at radius 2 is 2.16 bits per heavy atom. The van der Waals surface area contributed by atoms with Crippen molar-refractivity contribution < 1.29 is 4.79 Å². The van der Waals surface area contributed by atoms with E-state index < -0.39 is 0 Å². The maximum atomic E-state index is 12.8. The molecule has 1 fully saturated rings. The number of aromatic nitrogens is 5. The average molecular weight is 430 g/mol. The van der Waals surface area contributed by atoms with Crippen LogP contribution in [0.4, 0.5) is 5.82 Å². The standard InChI is InChI=1S/C24H27N7O/c1-17-15-29(2)21-6-5-18(12-20(17)21)14-27-23(32)13-19-4-3-10-31(19)22-7-8-26-24(28-22)30-11-9-25-16-30/h5-9,11-12,15-16,19H,3-4,10,13-14H2,1-2H3,(H,27,32)/t19-/m1/s1. The predicted molar refractivity (Wildman–Crippen MR) is 124 cm³/mol. The van der Waals surface area contributed by atoms with E-state index in [-0.39, 0.29) is 11.9 Å². The van der Waals surface area contributed by atoms with E-state index in [9.17, 15) is 4.79 Å². The van der Waals surface area contributed by atoms with Crippen LogP contribution in [0.1, 0.15) is 30.4 Å². The van der Waals surface area contributed by atoms with Crippen molar-refractivity contribution in [1.29, 1.82) is 0 Å². The zero-order chi connectivity index (χ0) is 22.1. The van der Waals surface area contributed by atoms with E-state index in [2.05, 4.69) is 63.1 Å². The number of anilines is 1. The van der Waals surface area contributed by atoms with Crippen molar-refractivity contribution in [2.24, 2.45) is 7.05 Å². The first kappa shape index (κ1) is 20.2. The molecule has 0 bridgehead atoms. The first-order valence-corrected chi connectivity index (χ1v) is 11.0. The summed E-state index contributed by atoms with van der Waals surface area (Å²) in [4.78, 5) is 28.1. The summed E-state index contributed by atoms with van der Waals surface area (Å²) in [5.74, 6) is 1.50. The molecule has 4 heterocycles. The topological polar surface area (TPSA) is 80.9 Å². The highest BCUT2D eigenvalue weighted by Gasteiger charge is 2.28. The van der Waals surface area contributed by atoms with Crippen molar-refractivity contribution in [2.75, 3.05) is 11.4 Å². The monoisotopic (exact) mass is 429 g/mol. The fraction of sp³-hybridized carbons (Fsp3) is 0.333. The van der Waals surface area contributed by atoms with Gasteiger partial charge in [-0.1, -0.05) is 6.07 Å². The molecular formula is C24H27N7O. The molecule has 4 aromatic rings. The lowest BCUT2D eigenvalue weighted by atomic mass is 10.1. The summed E-state index contributed by atoms with van der Waals surface area (Å²) in [7, 11) is 2.06. The lowest BCUT2D eigenvalue weighted by molar-refractivity contribution is -0.121. The van der Waals surface area contributed by atoms with Gasteiger partial charge in [0, 0.05) is 68.3 Å². The lowest BCUT2D eigenvalue weighted by Gasteiger charge is -2.25. The van der Waals surface area contributed by atoms with Crippen LogP contribution >= 0.6 is 0 Å². The van der Waals surface area contributed by atoms with Crippen LogP contribution in [0.5, 0.6) is 0 Å². The highest BCUT2D eigenvalue weighted by Crippen LogP contribution is 2.26. The zero-order valence-corrected chi connectivity index (χ0v) is 18.4. The Bertz CT molecular complexity index is 1240. The van der Waals surface area contributed by atoms with Crippen LogP contribution in [0.15, 0.2) is 55.4 Å². The molecule has 32 heavy (non-hydrogen) atoms.